The van der Waals surface area contributed by atoms with Crippen molar-refractivity contribution < 1.29 is 10.2 Å². The van der Waals surface area contributed by atoms with Gasteiger partial charge in [0.15, 0.2) is 0 Å². The molecule has 0 saturated carbocycles. The Hall–Kier alpha value is -0.770. The number of aliphatic hydroxyl groups excluding tert-OH is 1. The summed E-state index contributed by atoms with van der Waals surface area (Å²) in [7, 11) is 0. The van der Waals surface area contributed by atoms with E-state index in [1.54, 1.807) is 13.0 Å². The highest BCUT2D eigenvalue weighted by atomic mass is 35.5. The summed E-state index contributed by atoms with van der Waals surface area (Å²) in [6.07, 6.45) is 0.411. The monoisotopic (exact) mass is 229 g/mol. The molecule has 1 unspecified atom stereocenters. The summed E-state index contributed by atoms with van der Waals surface area (Å²) >= 11 is 6.01. The van der Waals surface area contributed by atoms with Crippen LogP contribution in [0.2, 0.25) is 5.02 Å². The van der Waals surface area contributed by atoms with E-state index in [4.69, 9.17) is 22.4 Å². The number of benzene rings is 1. The second-order valence-electron chi connectivity index (χ2n) is 3.68. The van der Waals surface area contributed by atoms with Gasteiger partial charge in [0.25, 0.3) is 0 Å². The first kappa shape index (κ1) is 12.3. The first-order valence-corrected chi connectivity index (χ1v) is 5.21. The maximum absolute atomic E-state index is 9.88. The summed E-state index contributed by atoms with van der Waals surface area (Å²) in [4.78, 5) is 0. The van der Waals surface area contributed by atoms with Crippen molar-refractivity contribution in [3.8, 4) is 5.75 Å². The highest BCUT2D eigenvalue weighted by Gasteiger charge is 2.17. The summed E-state index contributed by atoms with van der Waals surface area (Å²) < 4.78 is 0. The molecule has 4 N–H and O–H groups in total. The second kappa shape index (κ2) is 4.84. The van der Waals surface area contributed by atoms with Gasteiger partial charge in [-0.3, -0.25) is 0 Å². The molecule has 15 heavy (non-hydrogen) atoms. The van der Waals surface area contributed by atoms with Gasteiger partial charge in [0, 0.05) is 23.2 Å². The standard InChI is InChI=1S/C11H16ClNO2/c1-6-5-8(12)7(2)10(11(6)15)9(13)3-4-14/h5,9,14-15H,3-4,13H2,1-2H3. The minimum absolute atomic E-state index is 0.00833. The molecule has 0 aliphatic heterocycles. The molecule has 0 aliphatic rings. The highest BCUT2D eigenvalue weighted by molar-refractivity contribution is 6.31. The predicted molar refractivity (Wildman–Crippen MR) is 61.2 cm³/mol. The molecular formula is C11H16ClNO2. The summed E-state index contributed by atoms with van der Waals surface area (Å²) in [5.74, 6) is 0.179. The van der Waals surface area contributed by atoms with Gasteiger partial charge in [0.2, 0.25) is 0 Å². The average Bonchev–Trinajstić information content (AvgIpc) is 2.16. The van der Waals surface area contributed by atoms with Crippen molar-refractivity contribution in [1.29, 1.82) is 0 Å². The molecule has 0 saturated heterocycles. The van der Waals surface area contributed by atoms with Crippen LogP contribution in [0, 0.1) is 13.8 Å². The van der Waals surface area contributed by atoms with E-state index in [-0.39, 0.29) is 18.4 Å². The van der Waals surface area contributed by atoms with Crippen LogP contribution in [0.15, 0.2) is 6.07 Å². The Morgan fingerprint density at radius 1 is 1.47 bits per heavy atom. The van der Waals surface area contributed by atoms with E-state index in [2.05, 4.69) is 0 Å². The fourth-order valence-corrected chi connectivity index (χ4v) is 1.89. The van der Waals surface area contributed by atoms with Crippen LogP contribution in [-0.4, -0.2) is 16.8 Å². The second-order valence-corrected chi connectivity index (χ2v) is 4.09. The van der Waals surface area contributed by atoms with E-state index in [9.17, 15) is 5.11 Å². The number of hydrogen-bond donors (Lipinski definition) is 3. The Labute approximate surface area is 94.5 Å². The Kier molecular flexibility index (Phi) is 3.97. The number of halogens is 1. The van der Waals surface area contributed by atoms with Crippen molar-refractivity contribution >= 4 is 11.6 Å². The minimum atomic E-state index is -0.382. The number of aromatic hydroxyl groups is 1. The lowest BCUT2D eigenvalue weighted by Gasteiger charge is -2.18. The smallest absolute Gasteiger partial charge is 0.123 e. The number of rotatable bonds is 3. The van der Waals surface area contributed by atoms with Crippen molar-refractivity contribution in [3.63, 3.8) is 0 Å². The number of aliphatic hydroxyl groups is 1. The topological polar surface area (TPSA) is 66.5 Å². The SMILES string of the molecule is Cc1cc(Cl)c(C)c(C(N)CCO)c1O. The van der Waals surface area contributed by atoms with Crippen molar-refractivity contribution in [3.05, 3.63) is 27.8 Å². The molecular weight excluding hydrogens is 214 g/mol. The first-order valence-electron chi connectivity index (χ1n) is 4.84. The van der Waals surface area contributed by atoms with Crippen LogP contribution in [0.1, 0.15) is 29.2 Å². The molecule has 1 aromatic rings. The summed E-state index contributed by atoms with van der Waals surface area (Å²) in [6.45, 7) is 3.58. The van der Waals surface area contributed by atoms with Gasteiger partial charge in [0.05, 0.1) is 0 Å². The Bertz CT molecular complexity index is 340. The summed E-state index contributed by atoms with van der Waals surface area (Å²) in [6, 6.07) is 1.33. The fraction of sp³-hybridized carbons (Fsp3) is 0.455. The zero-order valence-corrected chi connectivity index (χ0v) is 9.67. The van der Waals surface area contributed by atoms with E-state index in [1.165, 1.54) is 0 Å². The number of aryl methyl sites for hydroxylation is 1. The third-order valence-corrected chi connectivity index (χ3v) is 2.94. The van der Waals surface area contributed by atoms with Gasteiger partial charge in [0.1, 0.15) is 5.75 Å². The molecule has 0 fully saturated rings. The van der Waals surface area contributed by atoms with E-state index in [0.717, 1.165) is 5.56 Å². The van der Waals surface area contributed by atoms with E-state index in [0.29, 0.717) is 22.6 Å². The molecule has 1 aromatic carbocycles. The number of hydrogen-bond acceptors (Lipinski definition) is 3. The lowest BCUT2D eigenvalue weighted by Crippen LogP contribution is -2.14. The maximum Gasteiger partial charge on any atom is 0.123 e. The van der Waals surface area contributed by atoms with Gasteiger partial charge in [-0.15, -0.1) is 0 Å². The van der Waals surface area contributed by atoms with E-state index < -0.39 is 0 Å². The fourth-order valence-electron chi connectivity index (χ4n) is 1.62. The number of phenols is 1. The zero-order chi connectivity index (χ0) is 11.6. The van der Waals surface area contributed by atoms with Crippen molar-refractivity contribution in [1.82, 2.24) is 0 Å². The molecule has 0 bridgehead atoms. The molecule has 0 aromatic heterocycles. The van der Waals surface area contributed by atoms with Gasteiger partial charge in [-0.2, -0.15) is 0 Å². The third kappa shape index (κ3) is 2.43. The molecule has 0 spiro atoms. The quantitative estimate of drug-likeness (QED) is 0.743. The average molecular weight is 230 g/mol. The zero-order valence-electron chi connectivity index (χ0n) is 8.92. The number of phenolic OH excluding ortho intramolecular Hbond substituents is 1. The minimum Gasteiger partial charge on any atom is -0.507 e. The molecule has 0 amide bonds. The van der Waals surface area contributed by atoms with Crippen LogP contribution in [-0.2, 0) is 0 Å². The molecule has 4 heteroatoms. The molecule has 0 heterocycles. The van der Waals surface area contributed by atoms with Crippen LogP contribution >= 0.6 is 11.6 Å². The van der Waals surface area contributed by atoms with Crippen molar-refractivity contribution in [2.75, 3.05) is 6.61 Å². The van der Waals surface area contributed by atoms with E-state index in [1.807, 2.05) is 6.92 Å². The molecule has 3 nitrogen and oxygen atoms in total. The lowest BCUT2D eigenvalue weighted by atomic mass is 9.96. The molecule has 0 aliphatic carbocycles. The third-order valence-electron chi connectivity index (χ3n) is 2.55. The summed E-state index contributed by atoms with van der Waals surface area (Å²) in [5, 5.41) is 19.3. The summed E-state index contributed by atoms with van der Waals surface area (Å²) in [5.41, 5.74) is 7.98. The van der Waals surface area contributed by atoms with Crippen LogP contribution in [0.25, 0.3) is 0 Å². The Morgan fingerprint density at radius 2 is 2.07 bits per heavy atom. The Balaban J connectivity index is 3.26. The molecule has 84 valence electrons. The molecule has 0 radical (unpaired) electrons. The largest absolute Gasteiger partial charge is 0.507 e. The van der Waals surface area contributed by atoms with Crippen LogP contribution in [0.4, 0.5) is 0 Å². The first-order chi connectivity index (χ1) is 6.99. The number of nitrogens with two attached hydrogens (primary N) is 1. The normalized spacial score (nSPS) is 12.9. The van der Waals surface area contributed by atoms with Crippen molar-refractivity contribution in [2.24, 2.45) is 5.73 Å². The molecule has 1 rings (SSSR count). The van der Waals surface area contributed by atoms with Gasteiger partial charge in [-0.1, -0.05) is 11.6 Å². The van der Waals surface area contributed by atoms with Crippen molar-refractivity contribution in [2.45, 2.75) is 26.3 Å². The Morgan fingerprint density at radius 3 is 2.60 bits per heavy atom. The maximum atomic E-state index is 9.88. The predicted octanol–water partition coefficient (Wildman–Crippen LogP) is 2.04. The highest BCUT2D eigenvalue weighted by Crippen LogP contribution is 2.35. The van der Waals surface area contributed by atoms with Gasteiger partial charge in [-0.05, 0) is 37.5 Å². The lowest BCUT2D eigenvalue weighted by molar-refractivity contribution is 0.275. The van der Waals surface area contributed by atoms with Gasteiger partial charge < -0.3 is 15.9 Å². The van der Waals surface area contributed by atoms with Crippen LogP contribution in [0.3, 0.4) is 0 Å². The van der Waals surface area contributed by atoms with Crippen LogP contribution in [0.5, 0.6) is 5.75 Å². The molecule has 1 atom stereocenters. The van der Waals surface area contributed by atoms with Gasteiger partial charge >= 0.3 is 0 Å². The van der Waals surface area contributed by atoms with Gasteiger partial charge in [-0.25, -0.2) is 0 Å². The van der Waals surface area contributed by atoms with Crippen LogP contribution < -0.4 is 5.73 Å². The van der Waals surface area contributed by atoms with E-state index >= 15 is 0 Å².